The molecule has 0 radical (unpaired) electrons. The number of pyridine rings is 1. The number of nitrogens with zero attached hydrogens (tertiary/aromatic N) is 3. The van der Waals surface area contributed by atoms with E-state index in [1.54, 1.807) is 0 Å². The molecule has 2 aromatic heterocycles. The highest BCUT2D eigenvalue weighted by atomic mass is 15.3. The van der Waals surface area contributed by atoms with Crippen LogP contribution in [0, 0.1) is 0 Å². The quantitative estimate of drug-likeness (QED) is 0.930. The van der Waals surface area contributed by atoms with Gasteiger partial charge in [-0.2, -0.15) is 5.10 Å². The zero-order chi connectivity index (χ0) is 14.8. The lowest BCUT2D eigenvalue weighted by molar-refractivity contribution is 0.531. The Morgan fingerprint density at radius 1 is 1.25 bits per heavy atom. The predicted molar refractivity (Wildman–Crippen MR) is 81.4 cm³/mol. The fourth-order valence-corrected chi connectivity index (χ4v) is 2.33. The number of nitrogens with one attached hydrogen (secondary N) is 1. The lowest BCUT2D eigenvalue weighted by Gasteiger charge is -2.19. The molecule has 2 aromatic rings. The summed E-state index contributed by atoms with van der Waals surface area (Å²) >= 11 is 0. The standard InChI is InChI=1S/C16H24N4/c1-12(13-6-8-17-9-7-13)18-10-14-11-20(5)19-15(14)16(2,3)4/h6-9,11-12,18H,10H2,1-5H3/t12-/m0/s1. The minimum atomic E-state index is 0.0676. The van der Waals surface area contributed by atoms with E-state index in [2.05, 4.69) is 49.3 Å². The molecule has 4 heteroatoms. The third kappa shape index (κ3) is 3.45. The fraction of sp³-hybridized carbons (Fsp3) is 0.500. The summed E-state index contributed by atoms with van der Waals surface area (Å²) < 4.78 is 1.90. The highest BCUT2D eigenvalue weighted by molar-refractivity contribution is 5.24. The number of hydrogen-bond acceptors (Lipinski definition) is 3. The van der Waals surface area contributed by atoms with Crippen LogP contribution in [0.2, 0.25) is 0 Å². The minimum Gasteiger partial charge on any atom is -0.306 e. The van der Waals surface area contributed by atoms with Gasteiger partial charge in [-0.05, 0) is 24.6 Å². The van der Waals surface area contributed by atoms with Crippen molar-refractivity contribution in [1.82, 2.24) is 20.1 Å². The molecule has 0 saturated heterocycles. The van der Waals surface area contributed by atoms with Gasteiger partial charge in [-0.15, -0.1) is 0 Å². The Hall–Kier alpha value is -1.68. The molecule has 0 fully saturated rings. The van der Waals surface area contributed by atoms with Gasteiger partial charge in [0.25, 0.3) is 0 Å². The Morgan fingerprint density at radius 3 is 2.50 bits per heavy atom. The van der Waals surface area contributed by atoms with Gasteiger partial charge in [0.05, 0.1) is 5.69 Å². The summed E-state index contributed by atoms with van der Waals surface area (Å²) in [7, 11) is 1.98. The molecule has 0 unspecified atom stereocenters. The van der Waals surface area contributed by atoms with Crippen LogP contribution in [-0.2, 0) is 19.0 Å². The molecular formula is C16H24N4. The molecule has 108 valence electrons. The van der Waals surface area contributed by atoms with Crippen molar-refractivity contribution in [3.05, 3.63) is 47.5 Å². The number of hydrogen-bond donors (Lipinski definition) is 1. The third-order valence-corrected chi connectivity index (χ3v) is 3.42. The summed E-state index contributed by atoms with van der Waals surface area (Å²) in [5, 5.41) is 8.16. The summed E-state index contributed by atoms with van der Waals surface area (Å²) in [5.74, 6) is 0. The molecule has 20 heavy (non-hydrogen) atoms. The van der Waals surface area contributed by atoms with Gasteiger partial charge in [0.2, 0.25) is 0 Å². The molecule has 1 N–H and O–H groups in total. The lowest BCUT2D eigenvalue weighted by atomic mass is 9.89. The lowest BCUT2D eigenvalue weighted by Crippen LogP contribution is -2.21. The van der Waals surface area contributed by atoms with Crippen molar-refractivity contribution in [1.29, 1.82) is 0 Å². The zero-order valence-corrected chi connectivity index (χ0v) is 13.0. The van der Waals surface area contributed by atoms with Crippen LogP contribution >= 0.6 is 0 Å². The second-order valence-corrected chi connectivity index (χ2v) is 6.31. The second kappa shape index (κ2) is 5.75. The van der Waals surface area contributed by atoms with Gasteiger partial charge in [-0.25, -0.2) is 0 Å². The Morgan fingerprint density at radius 2 is 1.90 bits per heavy atom. The highest BCUT2D eigenvalue weighted by Gasteiger charge is 2.21. The topological polar surface area (TPSA) is 42.7 Å². The van der Waals surface area contributed by atoms with Gasteiger partial charge in [0.15, 0.2) is 0 Å². The number of rotatable bonds is 4. The van der Waals surface area contributed by atoms with E-state index in [1.807, 2.05) is 36.3 Å². The van der Waals surface area contributed by atoms with E-state index in [0.29, 0.717) is 6.04 Å². The molecule has 0 aromatic carbocycles. The molecule has 2 heterocycles. The summed E-state index contributed by atoms with van der Waals surface area (Å²) in [5.41, 5.74) is 3.74. The van der Waals surface area contributed by atoms with Gasteiger partial charge in [0, 0.05) is 49.2 Å². The average molecular weight is 272 g/mol. The van der Waals surface area contributed by atoms with Crippen molar-refractivity contribution in [3.63, 3.8) is 0 Å². The molecule has 0 bridgehead atoms. The highest BCUT2D eigenvalue weighted by Crippen LogP contribution is 2.24. The molecule has 0 spiro atoms. The van der Waals surface area contributed by atoms with Crippen LogP contribution < -0.4 is 5.32 Å². The monoisotopic (exact) mass is 272 g/mol. The first kappa shape index (κ1) is 14.7. The van der Waals surface area contributed by atoms with E-state index in [1.165, 1.54) is 11.1 Å². The maximum atomic E-state index is 4.60. The third-order valence-electron chi connectivity index (χ3n) is 3.42. The summed E-state index contributed by atoms with van der Waals surface area (Å²) in [4.78, 5) is 4.05. The molecular weight excluding hydrogens is 248 g/mol. The summed E-state index contributed by atoms with van der Waals surface area (Å²) in [6.07, 6.45) is 5.77. The first-order valence-electron chi connectivity index (χ1n) is 7.04. The Balaban J connectivity index is 2.08. The Bertz CT molecular complexity index is 552. The van der Waals surface area contributed by atoms with E-state index in [4.69, 9.17) is 0 Å². The average Bonchev–Trinajstić information content (AvgIpc) is 2.78. The van der Waals surface area contributed by atoms with Crippen molar-refractivity contribution < 1.29 is 0 Å². The predicted octanol–water partition coefficient (Wildman–Crippen LogP) is 2.96. The van der Waals surface area contributed by atoms with Gasteiger partial charge in [-0.1, -0.05) is 20.8 Å². The van der Waals surface area contributed by atoms with E-state index in [-0.39, 0.29) is 5.41 Å². The van der Waals surface area contributed by atoms with Crippen molar-refractivity contribution in [2.24, 2.45) is 7.05 Å². The SMILES string of the molecule is C[C@H](NCc1cn(C)nc1C(C)(C)C)c1ccncc1. The summed E-state index contributed by atoms with van der Waals surface area (Å²) in [6.45, 7) is 9.59. The largest absolute Gasteiger partial charge is 0.306 e. The van der Waals surface area contributed by atoms with E-state index in [0.717, 1.165) is 12.2 Å². The van der Waals surface area contributed by atoms with Crippen LogP contribution in [0.1, 0.15) is 50.6 Å². The molecule has 0 aliphatic carbocycles. The maximum Gasteiger partial charge on any atom is 0.0722 e. The smallest absolute Gasteiger partial charge is 0.0722 e. The van der Waals surface area contributed by atoms with Crippen LogP contribution in [0.25, 0.3) is 0 Å². The minimum absolute atomic E-state index is 0.0676. The van der Waals surface area contributed by atoms with Crippen LogP contribution in [0.4, 0.5) is 0 Å². The van der Waals surface area contributed by atoms with Gasteiger partial charge in [-0.3, -0.25) is 9.67 Å². The zero-order valence-electron chi connectivity index (χ0n) is 13.0. The Kier molecular flexibility index (Phi) is 4.23. The fourth-order valence-electron chi connectivity index (χ4n) is 2.33. The normalized spacial score (nSPS) is 13.4. The first-order chi connectivity index (χ1) is 9.38. The van der Waals surface area contributed by atoms with Crippen molar-refractivity contribution in [2.45, 2.75) is 45.7 Å². The molecule has 0 aliphatic rings. The molecule has 0 saturated carbocycles. The molecule has 2 rings (SSSR count). The van der Waals surface area contributed by atoms with E-state index >= 15 is 0 Å². The van der Waals surface area contributed by atoms with Gasteiger partial charge < -0.3 is 5.32 Å². The van der Waals surface area contributed by atoms with Gasteiger partial charge in [0.1, 0.15) is 0 Å². The summed E-state index contributed by atoms with van der Waals surface area (Å²) in [6, 6.07) is 4.39. The van der Waals surface area contributed by atoms with E-state index < -0.39 is 0 Å². The molecule has 1 atom stereocenters. The van der Waals surface area contributed by atoms with E-state index in [9.17, 15) is 0 Å². The van der Waals surface area contributed by atoms with Gasteiger partial charge >= 0.3 is 0 Å². The molecule has 0 aliphatic heterocycles. The molecule has 0 amide bonds. The Labute approximate surface area is 121 Å². The van der Waals surface area contributed by atoms with Crippen molar-refractivity contribution in [2.75, 3.05) is 0 Å². The number of aromatic nitrogens is 3. The second-order valence-electron chi connectivity index (χ2n) is 6.31. The van der Waals surface area contributed by atoms with Crippen molar-refractivity contribution in [3.8, 4) is 0 Å². The first-order valence-corrected chi connectivity index (χ1v) is 7.04. The maximum absolute atomic E-state index is 4.60. The molecule has 4 nitrogen and oxygen atoms in total. The van der Waals surface area contributed by atoms with Crippen molar-refractivity contribution >= 4 is 0 Å². The number of aryl methyl sites for hydroxylation is 1. The van der Waals surface area contributed by atoms with Crippen LogP contribution in [0.5, 0.6) is 0 Å². The van der Waals surface area contributed by atoms with Crippen LogP contribution in [0.3, 0.4) is 0 Å². The van der Waals surface area contributed by atoms with Crippen LogP contribution in [0.15, 0.2) is 30.7 Å². The van der Waals surface area contributed by atoms with Crippen LogP contribution in [-0.4, -0.2) is 14.8 Å².